The Morgan fingerprint density at radius 1 is 1.32 bits per heavy atom. The smallest absolute Gasteiger partial charge is 0.0540 e. The lowest BCUT2D eigenvalue weighted by Crippen LogP contribution is -2.59. The van der Waals surface area contributed by atoms with E-state index in [1.807, 2.05) is 0 Å². The van der Waals surface area contributed by atoms with Gasteiger partial charge < -0.3 is 10.6 Å². The molecule has 1 aromatic rings. The summed E-state index contributed by atoms with van der Waals surface area (Å²) in [6.07, 6.45) is 1.08. The van der Waals surface area contributed by atoms with E-state index in [0.717, 1.165) is 19.5 Å². The van der Waals surface area contributed by atoms with Crippen LogP contribution in [0.25, 0.3) is 0 Å². The van der Waals surface area contributed by atoms with Gasteiger partial charge in [-0.25, -0.2) is 0 Å². The molecule has 0 saturated carbocycles. The molecule has 0 radical (unpaired) electrons. The molecule has 1 aromatic carbocycles. The minimum absolute atomic E-state index is 0.424. The average molecular weight is 261 g/mol. The molecule has 2 N–H and O–H groups in total. The normalized spacial score (nSPS) is 24.8. The highest BCUT2D eigenvalue weighted by molar-refractivity contribution is 5.60. The monoisotopic (exact) mass is 261 g/mol. The largest absolute Gasteiger partial charge is 0.364 e. The fourth-order valence-corrected chi connectivity index (χ4v) is 3.08. The summed E-state index contributed by atoms with van der Waals surface area (Å²) in [6, 6.07) is 7.62. The Hall–Kier alpha value is -1.06. The van der Waals surface area contributed by atoms with Gasteiger partial charge in [-0.15, -0.1) is 0 Å². The first-order valence-corrected chi connectivity index (χ1v) is 7.33. The standard InChI is InChI=1S/C16H27N3/c1-5-14-8-6-7-12(2)16(14)19-10-13(3)18(4)11-15(19)9-17/h6-8,13,15H,5,9-11,17H2,1-4H3. The molecular formula is C16H27N3. The van der Waals surface area contributed by atoms with E-state index in [1.54, 1.807) is 0 Å². The summed E-state index contributed by atoms with van der Waals surface area (Å²) in [4.78, 5) is 4.96. The van der Waals surface area contributed by atoms with E-state index in [4.69, 9.17) is 5.73 Å². The van der Waals surface area contributed by atoms with Crippen molar-refractivity contribution in [1.82, 2.24) is 4.90 Å². The van der Waals surface area contributed by atoms with Crippen LogP contribution in [0.4, 0.5) is 5.69 Å². The van der Waals surface area contributed by atoms with E-state index < -0.39 is 0 Å². The van der Waals surface area contributed by atoms with Crippen molar-refractivity contribution in [3.05, 3.63) is 29.3 Å². The molecule has 0 aromatic heterocycles. The molecule has 3 heteroatoms. The van der Waals surface area contributed by atoms with Crippen molar-refractivity contribution in [2.75, 3.05) is 31.6 Å². The third-order valence-electron chi connectivity index (χ3n) is 4.41. The average Bonchev–Trinajstić information content (AvgIpc) is 2.41. The molecule has 2 unspecified atom stereocenters. The van der Waals surface area contributed by atoms with Crippen LogP contribution in [0.2, 0.25) is 0 Å². The summed E-state index contributed by atoms with van der Waals surface area (Å²) in [6.45, 7) is 9.57. The number of hydrogen-bond donors (Lipinski definition) is 1. The zero-order valence-electron chi connectivity index (χ0n) is 12.7. The zero-order valence-corrected chi connectivity index (χ0v) is 12.7. The van der Waals surface area contributed by atoms with E-state index in [-0.39, 0.29) is 0 Å². The maximum absolute atomic E-state index is 6.01. The number of aryl methyl sites for hydroxylation is 2. The maximum atomic E-state index is 6.01. The third-order valence-corrected chi connectivity index (χ3v) is 4.41. The molecule has 0 amide bonds. The number of nitrogens with two attached hydrogens (primary N) is 1. The fourth-order valence-electron chi connectivity index (χ4n) is 3.08. The first kappa shape index (κ1) is 14.4. The summed E-state index contributed by atoms with van der Waals surface area (Å²) in [5, 5.41) is 0. The second-order valence-corrected chi connectivity index (χ2v) is 5.77. The molecule has 19 heavy (non-hydrogen) atoms. The minimum atomic E-state index is 0.424. The predicted molar refractivity (Wildman–Crippen MR) is 82.8 cm³/mol. The number of piperazine rings is 1. The van der Waals surface area contributed by atoms with Gasteiger partial charge in [-0.3, -0.25) is 4.90 Å². The Balaban J connectivity index is 2.38. The van der Waals surface area contributed by atoms with Crippen molar-refractivity contribution in [3.8, 4) is 0 Å². The Morgan fingerprint density at radius 3 is 2.68 bits per heavy atom. The Kier molecular flexibility index (Phi) is 4.48. The molecule has 1 fully saturated rings. The highest BCUT2D eigenvalue weighted by Crippen LogP contribution is 2.30. The highest BCUT2D eigenvalue weighted by Gasteiger charge is 2.30. The Morgan fingerprint density at radius 2 is 2.05 bits per heavy atom. The third kappa shape index (κ3) is 2.77. The first-order chi connectivity index (χ1) is 9.08. The number of benzene rings is 1. The summed E-state index contributed by atoms with van der Waals surface area (Å²) in [5.41, 5.74) is 10.2. The van der Waals surface area contributed by atoms with Crippen LogP contribution < -0.4 is 10.6 Å². The van der Waals surface area contributed by atoms with E-state index in [9.17, 15) is 0 Å². The van der Waals surface area contributed by atoms with Crippen LogP contribution in [0.3, 0.4) is 0 Å². The second kappa shape index (κ2) is 5.93. The molecule has 0 aliphatic carbocycles. The lowest BCUT2D eigenvalue weighted by molar-refractivity contribution is 0.201. The van der Waals surface area contributed by atoms with Crippen LogP contribution in [0.1, 0.15) is 25.0 Å². The van der Waals surface area contributed by atoms with Gasteiger partial charge in [0.25, 0.3) is 0 Å². The second-order valence-electron chi connectivity index (χ2n) is 5.77. The van der Waals surface area contributed by atoms with Crippen LogP contribution in [0.5, 0.6) is 0 Å². The molecule has 1 saturated heterocycles. The van der Waals surface area contributed by atoms with Crippen molar-refractivity contribution in [3.63, 3.8) is 0 Å². The van der Waals surface area contributed by atoms with Crippen LogP contribution >= 0.6 is 0 Å². The van der Waals surface area contributed by atoms with Gasteiger partial charge in [0, 0.05) is 31.4 Å². The van der Waals surface area contributed by atoms with Crippen molar-refractivity contribution < 1.29 is 0 Å². The van der Waals surface area contributed by atoms with Crippen molar-refractivity contribution in [2.24, 2.45) is 5.73 Å². The summed E-state index contributed by atoms with van der Waals surface area (Å²) >= 11 is 0. The van der Waals surface area contributed by atoms with Crippen molar-refractivity contribution >= 4 is 5.69 Å². The van der Waals surface area contributed by atoms with Gasteiger partial charge in [0.2, 0.25) is 0 Å². The van der Waals surface area contributed by atoms with Gasteiger partial charge >= 0.3 is 0 Å². The number of anilines is 1. The first-order valence-electron chi connectivity index (χ1n) is 7.33. The summed E-state index contributed by atoms with van der Waals surface area (Å²) in [7, 11) is 2.20. The van der Waals surface area contributed by atoms with E-state index in [0.29, 0.717) is 18.6 Å². The zero-order chi connectivity index (χ0) is 14.0. The van der Waals surface area contributed by atoms with Crippen LogP contribution in [-0.2, 0) is 6.42 Å². The molecular weight excluding hydrogens is 234 g/mol. The fraction of sp³-hybridized carbons (Fsp3) is 0.625. The maximum Gasteiger partial charge on any atom is 0.0540 e. The summed E-state index contributed by atoms with van der Waals surface area (Å²) in [5.74, 6) is 0. The van der Waals surface area contributed by atoms with Gasteiger partial charge in [0.05, 0.1) is 6.04 Å². The van der Waals surface area contributed by atoms with Crippen molar-refractivity contribution in [2.45, 2.75) is 39.3 Å². The molecule has 2 rings (SSSR count). The van der Waals surface area contributed by atoms with Crippen molar-refractivity contribution in [1.29, 1.82) is 0 Å². The quantitative estimate of drug-likeness (QED) is 0.903. The molecule has 1 aliphatic rings. The highest BCUT2D eigenvalue weighted by atomic mass is 15.3. The molecule has 106 valence electrons. The van der Waals surface area contributed by atoms with E-state index >= 15 is 0 Å². The molecule has 2 atom stereocenters. The predicted octanol–water partition coefficient (Wildman–Crippen LogP) is 2.03. The van der Waals surface area contributed by atoms with Gasteiger partial charge in [0.1, 0.15) is 0 Å². The topological polar surface area (TPSA) is 32.5 Å². The number of rotatable bonds is 3. The number of nitrogens with zero attached hydrogens (tertiary/aromatic N) is 2. The molecule has 0 spiro atoms. The lowest BCUT2D eigenvalue weighted by Gasteiger charge is -2.46. The summed E-state index contributed by atoms with van der Waals surface area (Å²) < 4.78 is 0. The number of likely N-dealkylation sites (N-methyl/N-ethyl adjacent to an activating group) is 1. The number of hydrogen-bond acceptors (Lipinski definition) is 3. The van der Waals surface area contributed by atoms with Gasteiger partial charge in [-0.1, -0.05) is 25.1 Å². The SMILES string of the molecule is CCc1cccc(C)c1N1CC(C)N(C)CC1CN. The van der Waals surface area contributed by atoms with E-state index in [1.165, 1.54) is 16.8 Å². The van der Waals surface area contributed by atoms with Gasteiger partial charge in [-0.2, -0.15) is 0 Å². The van der Waals surface area contributed by atoms with Gasteiger partial charge in [0.15, 0.2) is 0 Å². The van der Waals surface area contributed by atoms with Gasteiger partial charge in [-0.05, 0) is 38.4 Å². The van der Waals surface area contributed by atoms with E-state index in [2.05, 4.69) is 55.8 Å². The minimum Gasteiger partial charge on any atom is -0.364 e. The molecule has 3 nitrogen and oxygen atoms in total. The number of para-hydroxylation sites is 1. The molecule has 1 aliphatic heterocycles. The Labute approximate surface area is 117 Å². The molecule has 0 bridgehead atoms. The Bertz CT molecular complexity index is 430. The molecule has 1 heterocycles. The lowest BCUT2D eigenvalue weighted by atomic mass is 10.00. The van der Waals surface area contributed by atoms with Crippen LogP contribution in [0.15, 0.2) is 18.2 Å². The van der Waals surface area contributed by atoms with Crippen LogP contribution in [0, 0.1) is 6.92 Å². The van der Waals surface area contributed by atoms with Crippen LogP contribution in [-0.4, -0.2) is 43.7 Å².